The fourth-order valence-corrected chi connectivity index (χ4v) is 6.31. The number of allylic oxidation sites excluding steroid dienone is 2. The zero-order valence-corrected chi connectivity index (χ0v) is 25.1. The summed E-state index contributed by atoms with van der Waals surface area (Å²) in [4.78, 5) is 1.89. The molecule has 0 saturated carbocycles. The van der Waals surface area contributed by atoms with E-state index in [1.807, 2.05) is 42.5 Å². The average Bonchev–Trinajstić information content (AvgIpc) is 3.49. The number of methoxy groups -OCH3 is 1. The summed E-state index contributed by atoms with van der Waals surface area (Å²) in [5, 5.41) is 20.1. The molecule has 0 radical (unpaired) electrons. The van der Waals surface area contributed by atoms with Crippen molar-refractivity contribution < 1.29 is 9.47 Å². The number of hydrogen-bond acceptors (Lipinski definition) is 6. The monoisotopic (exact) mass is 644 g/mol. The van der Waals surface area contributed by atoms with Gasteiger partial charge in [-0.3, -0.25) is 0 Å². The number of nitriles is 2. The van der Waals surface area contributed by atoms with Gasteiger partial charge in [-0.2, -0.15) is 10.5 Å². The summed E-state index contributed by atoms with van der Waals surface area (Å²) in [5.74, 6) is 1.43. The molecule has 3 aromatic rings. The van der Waals surface area contributed by atoms with Crippen LogP contribution in [0.2, 0.25) is 0 Å². The fourth-order valence-electron chi connectivity index (χ4n) is 3.57. The van der Waals surface area contributed by atoms with Crippen LogP contribution in [-0.4, -0.2) is 13.7 Å². The van der Waals surface area contributed by atoms with Gasteiger partial charge in [0, 0.05) is 20.9 Å². The van der Waals surface area contributed by atoms with E-state index >= 15 is 0 Å². The Morgan fingerprint density at radius 2 is 1.47 bits per heavy atom. The number of nitrogens with zero attached hydrogens (tertiary/aromatic N) is 2. The second-order valence-electron chi connectivity index (χ2n) is 8.23. The van der Waals surface area contributed by atoms with Crippen LogP contribution in [-0.2, 0) is 0 Å². The minimum atomic E-state index is 0.362. The highest BCUT2D eigenvalue weighted by Gasteiger charge is 2.19. The number of benzene rings is 1. The Balaban J connectivity index is 2.12. The summed E-state index contributed by atoms with van der Waals surface area (Å²) in [5.41, 5.74) is 2.19. The predicted molar refractivity (Wildman–Crippen MR) is 158 cm³/mol. The van der Waals surface area contributed by atoms with Gasteiger partial charge in [0.05, 0.1) is 44.6 Å². The molecule has 2 aromatic heterocycles. The first-order valence-electron chi connectivity index (χ1n) is 11.5. The zero-order chi connectivity index (χ0) is 26.1. The Morgan fingerprint density at radius 3 is 1.92 bits per heavy atom. The van der Waals surface area contributed by atoms with E-state index in [-0.39, 0.29) is 0 Å². The van der Waals surface area contributed by atoms with Gasteiger partial charge in [-0.1, -0.05) is 26.7 Å². The Labute approximate surface area is 237 Å². The maximum Gasteiger partial charge on any atom is 0.128 e. The molecule has 1 aromatic carbocycles. The molecule has 1 unspecified atom stereocenters. The molecule has 0 fully saturated rings. The van der Waals surface area contributed by atoms with Crippen LogP contribution in [0.4, 0.5) is 0 Å². The molecule has 0 aliphatic heterocycles. The number of hydrogen-bond donors (Lipinski definition) is 0. The van der Waals surface area contributed by atoms with Crippen molar-refractivity contribution in [2.75, 3.05) is 13.7 Å². The van der Waals surface area contributed by atoms with Crippen LogP contribution >= 0.6 is 54.5 Å². The molecule has 1 atom stereocenters. The maximum absolute atomic E-state index is 10.1. The molecule has 0 bridgehead atoms. The first-order valence-corrected chi connectivity index (χ1v) is 14.7. The highest BCUT2D eigenvalue weighted by atomic mass is 79.9. The van der Waals surface area contributed by atoms with E-state index in [1.165, 1.54) is 0 Å². The molecule has 8 heteroatoms. The minimum Gasteiger partial charge on any atom is -0.496 e. The van der Waals surface area contributed by atoms with Gasteiger partial charge >= 0.3 is 0 Å². The van der Waals surface area contributed by atoms with Crippen molar-refractivity contribution in [1.29, 1.82) is 10.5 Å². The maximum atomic E-state index is 10.1. The highest BCUT2D eigenvalue weighted by molar-refractivity contribution is 9.11. The molecule has 0 saturated heterocycles. The quantitative estimate of drug-likeness (QED) is 0.195. The van der Waals surface area contributed by atoms with Crippen LogP contribution in [0.3, 0.4) is 0 Å². The van der Waals surface area contributed by atoms with Gasteiger partial charge in [0.1, 0.15) is 11.5 Å². The molecule has 186 valence electrons. The lowest BCUT2D eigenvalue weighted by Gasteiger charge is -2.18. The van der Waals surface area contributed by atoms with Gasteiger partial charge < -0.3 is 9.47 Å². The Morgan fingerprint density at radius 1 is 0.944 bits per heavy atom. The topological polar surface area (TPSA) is 66.0 Å². The van der Waals surface area contributed by atoms with E-state index in [1.54, 1.807) is 35.8 Å². The van der Waals surface area contributed by atoms with Crippen molar-refractivity contribution in [3.05, 3.63) is 64.9 Å². The van der Waals surface area contributed by atoms with Crippen molar-refractivity contribution in [2.24, 2.45) is 5.92 Å². The van der Waals surface area contributed by atoms with E-state index in [2.05, 4.69) is 57.8 Å². The first-order chi connectivity index (χ1) is 17.4. The molecule has 0 aliphatic rings. The van der Waals surface area contributed by atoms with Crippen LogP contribution < -0.4 is 9.47 Å². The second-order valence-corrected chi connectivity index (χ2v) is 13.2. The van der Waals surface area contributed by atoms with Gasteiger partial charge in [0.15, 0.2) is 0 Å². The van der Waals surface area contributed by atoms with E-state index in [0.29, 0.717) is 46.3 Å². The third-order valence-corrected chi connectivity index (χ3v) is 8.60. The number of unbranched alkanes of at least 4 members (excludes halogenated alkanes) is 1. The number of rotatable bonds is 11. The van der Waals surface area contributed by atoms with E-state index in [0.717, 1.165) is 36.6 Å². The molecule has 0 spiro atoms. The van der Waals surface area contributed by atoms with E-state index < -0.39 is 0 Å². The Hall–Kier alpha value is -2.36. The first kappa shape index (κ1) is 28.2. The summed E-state index contributed by atoms with van der Waals surface area (Å²) in [7, 11) is 1.57. The average molecular weight is 646 g/mol. The minimum absolute atomic E-state index is 0.362. The summed E-state index contributed by atoms with van der Waals surface area (Å²) in [6.45, 7) is 4.86. The van der Waals surface area contributed by atoms with Crippen molar-refractivity contribution in [3.63, 3.8) is 0 Å². The van der Waals surface area contributed by atoms with Gasteiger partial charge in [0.2, 0.25) is 0 Å². The van der Waals surface area contributed by atoms with Crippen molar-refractivity contribution in [2.45, 2.75) is 33.1 Å². The highest BCUT2D eigenvalue weighted by Crippen LogP contribution is 2.39. The van der Waals surface area contributed by atoms with Gasteiger partial charge in [0.25, 0.3) is 0 Å². The lowest BCUT2D eigenvalue weighted by atomic mass is 9.97. The molecule has 3 rings (SSSR count). The summed E-state index contributed by atoms with van der Waals surface area (Å²) in [6.07, 6.45) is 7.02. The number of ether oxygens (including phenoxy) is 2. The van der Waals surface area contributed by atoms with E-state index in [9.17, 15) is 10.5 Å². The van der Waals surface area contributed by atoms with Gasteiger partial charge in [-0.25, -0.2) is 0 Å². The third kappa shape index (κ3) is 7.57. The standard InChI is InChI=1S/C28H26Br2N2O2S2/c1-4-5-6-18(2)17-34-26-14-23(19(15-31)11-21-7-9-27(29)35-21)25(33-3)13-24(26)20(16-32)12-22-8-10-28(30)36-22/h7-14,18H,4-6,17H2,1-3H3/b19-11+,20-12+. The lowest BCUT2D eigenvalue weighted by Crippen LogP contribution is -2.10. The molecular formula is C28H26Br2N2O2S2. The van der Waals surface area contributed by atoms with Crippen LogP contribution in [0.5, 0.6) is 11.5 Å². The zero-order valence-electron chi connectivity index (χ0n) is 20.3. The van der Waals surface area contributed by atoms with Gasteiger partial charge in [-0.15, -0.1) is 22.7 Å². The molecule has 0 aliphatic carbocycles. The summed E-state index contributed by atoms with van der Waals surface area (Å²) in [6, 6.07) is 16.1. The smallest absolute Gasteiger partial charge is 0.128 e. The number of halogens is 2. The van der Waals surface area contributed by atoms with Crippen LogP contribution in [0.15, 0.2) is 44.0 Å². The molecule has 4 nitrogen and oxygen atoms in total. The predicted octanol–water partition coefficient (Wildman–Crippen LogP) is 9.68. The SMILES string of the molecule is CCCCC(C)COc1cc(/C(C#N)=C/c2ccc(Br)s2)c(OC)cc1/C(C#N)=C/c1ccc(Br)s1. The molecule has 36 heavy (non-hydrogen) atoms. The lowest BCUT2D eigenvalue weighted by molar-refractivity contribution is 0.249. The largest absolute Gasteiger partial charge is 0.496 e. The van der Waals surface area contributed by atoms with E-state index in [4.69, 9.17) is 9.47 Å². The molecule has 0 N–H and O–H groups in total. The third-order valence-electron chi connectivity index (χ3n) is 5.46. The molecular weight excluding hydrogens is 620 g/mol. The molecule has 0 amide bonds. The van der Waals surface area contributed by atoms with Gasteiger partial charge in [-0.05, 0) is 92.7 Å². The molecule has 2 heterocycles. The normalized spacial score (nSPS) is 12.6. The summed E-state index contributed by atoms with van der Waals surface area (Å²) >= 11 is 10.0. The second kappa shape index (κ2) is 13.8. The Kier molecular flexibility index (Phi) is 10.8. The van der Waals surface area contributed by atoms with Crippen molar-refractivity contribution in [3.8, 4) is 23.6 Å². The fraction of sp³-hybridized carbons (Fsp3) is 0.286. The van der Waals surface area contributed by atoms with Crippen LogP contribution in [0.25, 0.3) is 23.3 Å². The number of thiophene rings is 2. The van der Waals surface area contributed by atoms with Crippen molar-refractivity contribution >= 4 is 77.8 Å². The van der Waals surface area contributed by atoms with Crippen LogP contribution in [0, 0.1) is 28.6 Å². The Bertz CT molecular complexity index is 1340. The van der Waals surface area contributed by atoms with Crippen LogP contribution in [0.1, 0.15) is 54.0 Å². The van der Waals surface area contributed by atoms with Crippen molar-refractivity contribution in [1.82, 2.24) is 0 Å². The summed E-state index contributed by atoms with van der Waals surface area (Å²) < 4.78 is 14.0.